The van der Waals surface area contributed by atoms with Gasteiger partial charge in [0.05, 0.1) is 23.0 Å². The van der Waals surface area contributed by atoms with Crippen LogP contribution in [-0.2, 0) is 4.74 Å². The highest BCUT2D eigenvalue weighted by Gasteiger charge is 2.18. The summed E-state index contributed by atoms with van der Waals surface area (Å²) < 4.78 is 5.28. The van der Waals surface area contributed by atoms with Crippen LogP contribution in [0.4, 0.5) is 11.4 Å². The molecular formula is C12H16N2O3. The van der Waals surface area contributed by atoms with Gasteiger partial charge in [-0.1, -0.05) is 0 Å². The Morgan fingerprint density at radius 2 is 2.35 bits per heavy atom. The van der Waals surface area contributed by atoms with E-state index in [1.807, 2.05) is 0 Å². The molecule has 92 valence electrons. The SMILES string of the molecule is Cc1cc(C(=O)O)cc(NC[C@@H]2CCO2)c1N. The molecule has 4 N–H and O–H groups in total. The van der Waals surface area contributed by atoms with Gasteiger partial charge in [0.25, 0.3) is 0 Å². The minimum atomic E-state index is -0.948. The summed E-state index contributed by atoms with van der Waals surface area (Å²) in [6.45, 7) is 3.26. The van der Waals surface area contributed by atoms with Crippen molar-refractivity contribution >= 4 is 17.3 Å². The van der Waals surface area contributed by atoms with Gasteiger partial charge in [-0.15, -0.1) is 0 Å². The highest BCUT2D eigenvalue weighted by atomic mass is 16.5. The van der Waals surface area contributed by atoms with Crippen molar-refractivity contribution in [3.63, 3.8) is 0 Å². The number of aromatic carboxylic acids is 1. The van der Waals surface area contributed by atoms with Crippen molar-refractivity contribution < 1.29 is 14.6 Å². The second-order valence-corrected chi connectivity index (χ2v) is 4.22. The average molecular weight is 236 g/mol. The predicted octanol–water partition coefficient (Wildman–Crippen LogP) is 1.48. The molecule has 5 heteroatoms. The van der Waals surface area contributed by atoms with Crippen molar-refractivity contribution in [2.45, 2.75) is 19.4 Å². The number of benzene rings is 1. The Hall–Kier alpha value is -1.75. The minimum Gasteiger partial charge on any atom is -0.478 e. The van der Waals surface area contributed by atoms with Crippen LogP contribution in [0.3, 0.4) is 0 Å². The number of hydrogen-bond donors (Lipinski definition) is 3. The molecule has 0 bridgehead atoms. The van der Waals surface area contributed by atoms with Gasteiger partial charge in [0.1, 0.15) is 0 Å². The molecule has 0 aliphatic carbocycles. The molecule has 1 atom stereocenters. The molecule has 0 saturated carbocycles. The summed E-state index contributed by atoms with van der Waals surface area (Å²) in [5.41, 5.74) is 8.17. The summed E-state index contributed by atoms with van der Waals surface area (Å²) in [4.78, 5) is 10.9. The van der Waals surface area contributed by atoms with Crippen LogP contribution in [0.1, 0.15) is 22.3 Å². The molecule has 0 spiro atoms. The maximum absolute atomic E-state index is 10.9. The topological polar surface area (TPSA) is 84.6 Å². The molecule has 1 aromatic carbocycles. The molecule has 17 heavy (non-hydrogen) atoms. The zero-order valence-corrected chi connectivity index (χ0v) is 9.69. The first-order valence-corrected chi connectivity index (χ1v) is 5.57. The van der Waals surface area contributed by atoms with E-state index in [1.54, 1.807) is 19.1 Å². The van der Waals surface area contributed by atoms with Crippen molar-refractivity contribution in [3.05, 3.63) is 23.3 Å². The lowest BCUT2D eigenvalue weighted by Gasteiger charge is -2.27. The maximum Gasteiger partial charge on any atom is 0.335 e. The van der Waals surface area contributed by atoms with Crippen molar-refractivity contribution in [1.82, 2.24) is 0 Å². The van der Waals surface area contributed by atoms with Gasteiger partial charge in [0.15, 0.2) is 0 Å². The quantitative estimate of drug-likeness (QED) is 0.689. The first-order chi connectivity index (χ1) is 8.08. The summed E-state index contributed by atoms with van der Waals surface area (Å²) in [7, 11) is 0. The number of carbonyl (C=O) groups is 1. The van der Waals surface area contributed by atoms with E-state index in [0.717, 1.165) is 18.6 Å². The van der Waals surface area contributed by atoms with Crippen molar-refractivity contribution in [2.24, 2.45) is 0 Å². The summed E-state index contributed by atoms with van der Waals surface area (Å²) in [5.74, 6) is -0.948. The van der Waals surface area contributed by atoms with Gasteiger partial charge in [0.2, 0.25) is 0 Å². The van der Waals surface area contributed by atoms with E-state index in [9.17, 15) is 4.79 Å². The van der Waals surface area contributed by atoms with E-state index in [-0.39, 0.29) is 11.7 Å². The van der Waals surface area contributed by atoms with Gasteiger partial charge in [-0.2, -0.15) is 0 Å². The monoisotopic (exact) mass is 236 g/mol. The number of aryl methyl sites for hydroxylation is 1. The Labute approximate surface area is 99.6 Å². The number of carboxylic acids is 1. The van der Waals surface area contributed by atoms with Gasteiger partial charge in [0, 0.05) is 13.2 Å². The molecule has 0 amide bonds. The Morgan fingerprint density at radius 3 is 2.88 bits per heavy atom. The van der Waals surface area contributed by atoms with E-state index in [2.05, 4.69) is 5.32 Å². The lowest BCUT2D eigenvalue weighted by molar-refractivity contribution is -0.0410. The van der Waals surface area contributed by atoms with Crippen LogP contribution >= 0.6 is 0 Å². The largest absolute Gasteiger partial charge is 0.478 e. The zero-order valence-electron chi connectivity index (χ0n) is 9.69. The van der Waals surface area contributed by atoms with Gasteiger partial charge >= 0.3 is 5.97 Å². The molecule has 5 nitrogen and oxygen atoms in total. The third kappa shape index (κ3) is 2.50. The van der Waals surface area contributed by atoms with E-state index in [1.165, 1.54) is 0 Å². The zero-order chi connectivity index (χ0) is 12.4. The van der Waals surface area contributed by atoms with Crippen molar-refractivity contribution in [2.75, 3.05) is 24.2 Å². The number of nitrogens with one attached hydrogen (secondary N) is 1. The fraction of sp³-hybridized carbons (Fsp3) is 0.417. The molecule has 1 aliphatic rings. The van der Waals surface area contributed by atoms with E-state index >= 15 is 0 Å². The molecule has 1 fully saturated rings. The van der Waals surface area contributed by atoms with Crippen LogP contribution in [0.5, 0.6) is 0 Å². The normalized spacial score (nSPS) is 18.5. The predicted molar refractivity (Wildman–Crippen MR) is 65.4 cm³/mol. The first kappa shape index (κ1) is 11.7. The minimum absolute atomic E-state index is 0.211. The Balaban J connectivity index is 2.15. The van der Waals surface area contributed by atoms with Gasteiger partial charge in [-0.05, 0) is 31.0 Å². The van der Waals surface area contributed by atoms with Crippen LogP contribution in [0.25, 0.3) is 0 Å². The number of nitrogens with two attached hydrogens (primary N) is 1. The van der Waals surface area contributed by atoms with Gasteiger partial charge in [-0.3, -0.25) is 0 Å². The van der Waals surface area contributed by atoms with Crippen LogP contribution < -0.4 is 11.1 Å². The summed E-state index contributed by atoms with van der Waals surface area (Å²) >= 11 is 0. The lowest BCUT2D eigenvalue weighted by atomic mass is 10.1. The molecule has 0 unspecified atom stereocenters. The van der Waals surface area contributed by atoms with Crippen LogP contribution in [0.15, 0.2) is 12.1 Å². The smallest absolute Gasteiger partial charge is 0.335 e. The molecule has 1 aromatic rings. The van der Waals surface area contributed by atoms with Crippen molar-refractivity contribution in [1.29, 1.82) is 0 Å². The van der Waals surface area contributed by atoms with E-state index in [4.69, 9.17) is 15.6 Å². The third-order valence-corrected chi connectivity index (χ3v) is 2.95. The Morgan fingerprint density at radius 1 is 1.65 bits per heavy atom. The highest BCUT2D eigenvalue weighted by molar-refractivity contribution is 5.91. The molecule has 1 heterocycles. The van der Waals surface area contributed by atoms with Gasteiger partial charge < -0.3 is 20.9 Å². The fourth-order valence-electron chi connectivity index (χ4n) is 1.74. The summed E-state index contributed by atoms with van der Waals surface area (Å²) in [6, 6.07) is 3.13. The summed E-state index contributed by atoms with van der Waals surface area (Å²) in [5, 5.41) is 12.1. The first-order valence-electron chi connectivity index (χ1n) is 5.57. The standard InChI is InChI=1S/C12H16N2O3/c1-7-4-8(12(15)16)5-10(11(7)13)14-6-9-2-3-17-9/h4-5,9,14H,2-3,6,13H2,1H3,(H,15,16)/t9-/m0/s1. The molecule has 2 rings (SSSR count). The van der Waals surface area contributed by atoms with E-state index < -0.39 is 5.97 Å². The molecule has 1 saturated heterocycles. The fourth-order valence-corrected chi connectivity index (χ4v) is 1.74. The lowest BCUT2D eigenvalue weighted by Crippen LogP contribution is -2.33. The van der Waals surface area contributed by atoms with Crippen LogP contribution in [-0.4, -0.2) is 30.3 Å². The Bertz CT molecular complexity index is 442. The van der Waals surface area contributed by atoms with Crippen LogP contribution in [0, 0.1) is 6.92 Å². The second-order valence-electron chi connectivity index (χ2n) is 4.22. The average Bonchev–Trinajstić information content (AvgIpc) is 2.21. The molecular weight excluding hydrogens is 220 g/mol. The third-order valence-electron chi connectivity index (χ3n) is 2.95. The number of ether oxygens (including phenoxy) is 1. The number of hydrogen-bond acceptors (Lipinski definition) is 4. The summed E-state index contributed by atoms with van der Waals surface area (Å²) in [6.07, 6.45) is 1.24. The Kier molecular flexibility index (Phi) is 3.19. The maximum atomic E-state index is 10.9. The number of anilines is 2. The number of rotatable bonds is 4. The van der Waals surface area contributed by atoms with Crippen molar-refractivity contribution in [3.8, 4) is 0 Å². The molecule has 0 radical (unpaired) electrons. The second kappa shape index (κ2) is 4.63. The van der Waals surface area contributed by atoms with Crippen LogP contribution in [0.2, 0.25) is 0 Å². The number of carboxylic acid groups (broad SMARTS) is 1. The molecule has 1 aliphatic heterocycles. The van der Waals surface area contributed by atoms with Gasteiger partial charge in [-0.25, -0.2) is 4.79 Å². The highest BCUT2D eigenvalue weighted by Crippen LogP contribution is 2.25. The number of nitrogen functional groups attached to an aromatic ring is 1. The molecule has 0 aromatic heterocycles. The van der Waals surface area contributed by atoms with E-state index in [0.29, 0.717) is 17.9 Å².